The van der Waals surface area contributed by atoms with Crippen LogP contribution < -0.4 is 30.2 Å². The third kappa shape index (κ3) is 13.6. The first-order valence-electron chi connectivity index (χ1n) is 18.6. The number of hydrogen-bond donors (Lipinski definition) is 3. The number of hydrogen-bond acceptors (Lipinski definition) is 7. The van der Waals surface area contributed by atoms with Gasteiger partial charge in [0.1, 0.15) is 18.1 Å². The van der Waals surface area contributed by atoms with E-state index in [1.165, 1.54) is 18.2 Å². The summed E-state index contributed by atoms with van der Waals surface area (Å²) in [5.74, 6) is -0.0522. The Kier molecular flexibility index (Phi) is 16.3. The lowest BCUT2D eigenvalue weighted by molar-refractivity contribution is -0.0166. The van der Waals surface area contributed by atoms with Crippen LogP contribution >= 0.6 is 0 Å². The monoisotopic (exact) mass is 749 g/mol. The molecular weight excluding hydrogens is 689 g/mol. The van der Waals surface area contributed by atoms with Gasteiger partial charge in [0.05, 0.1) is 36.8 Å². The summed E-state index contributed by atoms with van der Waals surface area (Å²) in [5.41, 5.74) is 1.30. The number of anilines is 2. The van der Waals surface area contributed by atoms with Crippen molar-refractivity contribution in [3.8, 4) is 17.2 Å². The summed E-state index contributed by atoms with van der Waals surface area (Å²) >= 11 is 0. The first-order valence-corrected chi connectivity index (χ1v) is 18.6. The van der Waals surface area contributed by atoms with Gasteiger partial charge in [-0.3, -0.25) is 14.4 Å². The van der Waals surface area contributed by atoms with Crippen molar-refractivity contribution in [3.05, 3.63) is 77.1 Å². The molecule has 0 atom stereocenters. The van der Waals surface area contributed by atoms with Crippen molar-refractivity contribution in [2.75, 3.05) is 37.1 Å². The highest BCUT2D eigenvalue weighted by atomic mass is 19.1. The first kappa shape index (κ1) is 43.8. The van der Waals surface area contributed by atoms with Crippen LogP contribution in [0, 0.1) is 23.6 Å². The van der Waals surface area contributed by atoms with Crippen LogP contribution in [0.1, 0.15) is 120 Å². The molecule has 0 heterocycles. The zero-order valence-electron chi connectivity index (χ0n) is 32.4. The van der Waals surface area contributed by atoms with E-state index in [-0.39, 0.29) is 72.7 Å². The summed E-state index contributed by atoms with van der Waals surface area (Å²) in [6.45, 7) is 17.1. The van der Waals surface area contributed by atoms with E-state index >= 15 is 0 Å². The predicted octanol–water partition coefficient (Wildman–Crippen LogP) is 9.54. The van der Waals surface area contributed by atoms with Crippen molar-refractivity contribution in [1.29, 1.82) is 0 Å². The van der Waals surface area contributed by atoms with Crippen LogP contribution in [-0.4, -0.2) is 55.8 Å². The Bertz CT molecular complexity index is 1710. The predicted molar refractivity (Wildman–Crippen MR) is 213 cm³/mol. The second-order valence-corrected chi connectivity index (χ2v) is 15.6. The highest BCUT2D eigenvalue weighted by molar-refractivity contribution is 6.08. The van der Waals surface area contributed by atoms with Crippen molar-refractivity contribution in [1.82, 2.24) is 5.32 Å². The molecule has 0 unspecified atom stereocenters. The highest BCUT2D eigenvalue weighted by Crippen LogP contribution is 2.31. The largest absolute Gasteiger partial charge is 0.491 e. The van der Waals surface area contributed by atoms with Gasteiger partial charge in [0, 0.05) is 22.7 Å². The minimum atomic E-state index is -0.599. The lowest BCUT2D eigenvalue weighted by Crippen LogP contribution is -2.37. The van der Waals surface area contributed by atoms with Crippen LogP contribution in [0.15, 0.2) is 54.6 Å². The van der Waals surface area contributed by atoms with Gasteiger partial charge in [-0.05, 0) is 119 Å². The minimum absolute atomic E-state index is 0. The average molecular weight is 750 g/mol. The summed E-state index contributed by atoms with van der Waals surface area (Å²) in [6, 6.07) is 13.8. The molecule has 11 heteroatoms. The van der Waals surface area contributed by atoms with E-state index < -0.39 is 17.6 Å². The second-order valence-electron chi connectivity index (χ2n) is 15.6. The Morgan fingerprint density at radius 1 is 0.685 bits per heavy atom. The molecule has 3 N–H and O–H groups in total. The second kappa shape index (κ2) is 20.2. The lowest BCUT2D eigenvalue weighted by Gasteiger charge is -2.27. The molecule has 1 saturated carbocycles. The van der Waals surface area contributed by atoms with Crippen LogP contribution in [0.2, 0.25) is 0 Å². The summed E-state index contributed by atoms with van der Waals surface area (Å²) in [7, 11) is 0. The normalized spacial score (nSPS) is 15.6. The molecule has 0 spiro atoms. The molecule has 54 heavy (non-hydrogen) atoms. The standard InChI is InChI=1S/C42H56FN3O7.CH4/c1-26(2)24-51-37-22-30(39(47)44-32-14-9-28(5)10-15-32)12-17-34(37)46-41(49)31-13-18-35(38(23-31)52-25-27(3)4)45-40(48)29-11-16-33(43)36(21-29)50-19-20-53-42(6,7)8;/h11-13,16-18,21-23,26-28,32H,9-10,14-15,19-20,24-25H2,1-8H3,(H,44,47)(H,45,48)(H,46,49);1H4. The van der Waals surface area contributed by atoms with Crippen molar-refractivity contribution in [2.24, 2.45) is 17.8 Å². The maximum absolute atomic E-state index is 14.5. The van der Waals surface area contributed by atoms with Gasteiger partial charge in [-0.2, -0.15) is 0 Å². The molecule has 1 aliphatic carbocycles. The van der Waals surface area contributed by atoms with Crippen LogP contribution in [0.3, 0.4) is 0 Å². The summed E-state index contributed by atoms with van der Waals surface area (Å²) in [5, 5.41) is 8.91. The van der Waals surface area contributed by atoms with Gasteiger partial charge in [0.25, 0.3) is 17.7 Å². The highest BCUT2D eigenvalue weighted by Gasteiger charge is 2.22. The number of halogens is 1. The van der Waals surface area contributed by atoms with Crippen LogP contribution in [-0.2, 0) is 4.74 Å². The van der Waals surface area contributed by atoms with Gasteiger partial charge in [0.15, 0.2) is 11.6 Å². The molecule has 1 fully saturated rings. The minimum Gasteiger partial charge on any atom is -0.491 e. The molecule has 3 aromatic carbocycles. The fourth-order valence-corrected chi connectivity index (χ4v) is 5.60. The van der Waals surface area contributed by atoms with E-state index in [4.69, 9.17) is 18.9 Å². The Labute approximate surface area is 320 Å². The number of rotatable bonds is 16. The molecule has 0 aliphatic heterocycles. The summed E-state index contributed by atoms with van der Waals surface area (Å²) in [6.07, 6.45) is 4.10. The van der Waals surface area contributed by atoms with E-state index in [1.807, 2.05) is 48.5 Å². The molecule has 0 saturated heterocycles. The molecular formula is C43H60FN3O7. The lowest BCUT2D eigenvalue weighted by atomic mass is 9.87. The molecule has 0 aromatic heterocycles. The van der Waals surface area contributed by atoms with Crippen LogP contribution in [0.5, 0.6) is 17.2 Å². The average Bonchev–Trinajstić information content (AvgIpc) is 3.10. The Hall–Kier alpha value is -4.64. The van der Waals surface area contributed by atoms with Gasteiger partial charge in [0.2, 0.25) is 0 Å². The first-order chi connectivity index (χ1) is 25.1. The van der Waals surface area contributed by atoms with Gasteiger partial charge < -0.3 is 34.9 Å². The van der Waals surface area contributed by atoms with Crippen LogP contribution in [0.25, 0.3) is 0 Å². The quantitative estimate of drug-likeness (QED) is 0.125. The molecule has 10 nitrogen and oxygen atoms in total. The maximum Gasteiger partial charge on any atom is 0.255 e. The van der Waals surface area contributed by atoms with Crippen LogP contribution in [0.4, 0.5) is 15.8 Å². The topological polar surface area (TPSA) is 124 Å². The Morgan fingerprint density at radius 2 is 1.15 bits per heavy atom. The van der Waals surface area contributed by atoms with Crippen molar-refractivity contribution in [3.63, 3.8) is 0 Å². The Balaban J connectivity index is 0.00000784. The molecule has 0 bridgehead atoms. The molecule has 3 aromatic rings. The SMILES string of the molecule is C.CC(C)COc1cc(C(=O)Nc2ccc(C(=O)NC3CCC(C)CC3)cc2OCC(C)C)ccc1NC(=O)c1ccc(F)c(OCCOC(C)(C)C)c1. The van der Waals surface area contributed by atoms with Crippen molar-refractivity contribution < 1.29 is 37.7 Å². The van der Waals surface area contributed by atoms with E-state index in [1.54, 1.807) is 36.4 Å². The van der Waals surface area contributed by atoms with E-state index in [2.05, 4.69) is 22.9 Å². The molecule has 296 valence electrons. The zero-order chi connectivity index (χ0) is 38.7. The number of carbonyl (C=O) groups is 3. The van der Waals surface area contributed by atoms with E-state index in [9.17, 15) is 18.8 Å². The Morgan fingerprint density at radius 3 is 1.63 bits per heavy atom. The number of nitrogens with one attached hydrogen (secondary N) is 3. The van der Waals surface area contributed by atoms with Crippen molar-refractivity contribution in [2.45, 2.75) is 100 Å². The van der Waals surface area contributed by atoms with E-state index in [0.717, 1.165) is 25.7 Å². The van der Waals surface area contributed by atoms with Gasteiger partial charge in [-0.25, -0.2) is 4.39 Å². The third-order valence-electron chi connectivity index (χ3n) is 8.55. The smallest absolute Gasteiger partial charge is 0.255 e. The maximum atomic E-state index is 14.5. The molecule has 3 amide bonds. The summed E-state index contributed by atoms with van der Waals surface area (Å²) in [4.78, 5) is 40.2. The third-order valence-corrected chi connectivity index (χ3v) is 8.55. The fraction of sp³-hybridized carbons (Fsp3) is 0.512. The van der Waals surface area contributed by atoms with Gasteiger partial charge >= 0.3 is 0 Å². The number of amides is 3. The number of ether oxygens (including phenoxy) is 4. The van der Waals surface area contributed by atoms with Gasteiger partial charge in [-0.1, -0.05) is 42.0 Å². The molecule has 4 rings (SSSR count). The molecule has 0 radical (unpaired) electrons. The number of benzene rings is 3. The zero-order valence-corrected chi connectivity index (χ0v) is 32.4. The van der Waals surface area contributed by atoms with Crippen molar-refractivity contribution >= 4 is 29.1 Å². The van der Waals surface area contributed by atoms with Gasteiger partial charge in [-0.15, -0.1) is 0 Å². The molecule has 1 aliphatic rings. The number of carbonyl (C=O) groups excluding carboxylic acids is 3. The van der Waals surface area contributed by atoms with E-state index in [0.29, 0.717) is 41.8 Å². The summed E-state index contributed by atoms with van der Waals surface area (Å²) < 4.78 is 37.8. The fourth-order valence-electron chi connectivity index (χ4n) is 5.60.